The van der Waals surface area contributed by atoms with E-state index in [0.29, 0.717) is 32.6 Å². The van der Waals surface area contributed by atoms with Crippen molar-refractivity contribution in [3.8, 4) is 0 Å². The van der Waals surface area contributed by atoms with Crippen molar-refractivity contribution in [3.05, 3.63) is 84.2 Å². The van der Waals surface area contributed by atoms with Crippen molar-refractivity contribution < 1.29 is 9.59 Å². The van der Waals surface area contributed by atoms with E-state index in [-0.39, 0.29) is 18.4 Å². The van der Waals surface area contributed by atoms with Crippen LogP contribution in [0.15, 0.2) is 73.1 Å². The fraction of sp³-hybridized carbons (Fsp3) is 0.310. The molecule has 0 atom stereocenters. The Labute approximate surface area is 216 Å². The Bertz CT molecular complexity index is 1380. The number of rotatable bonds is 4. The Kier molecular flexibility index (Phi) is 7.98. The minimum atomic E-state index is -0.168. The SMILES string of the molecule is O=C1CCN(Cc2cccc3cccnc23)CCN(Cc2cccc3cccnc23)CCNC(=O)CN1. The van der Waals surface area contributed by atoms with Gasteiger partial charge >= 0.3 is 0 Å². The van der Waals surface area contributed by atoms with Gasteiger partial charge in [-0.25, -0.2) is 0 Å². The molecule has 2 amide bonds. The van der Waals surface area contributed by atoms with Gasteiger partial charge in [-0.2, -0.15) is 0 Å². The highest BCUT2D eigenvalue weighted by Gasteiger charge is 2.17. The number of hydrogen-bond donors (Lipinski definition) is 2. The number of pyridine rings is 2. The number of benzene rings is 2. The molecule has 4 aromatic rings. The standard InChI is InChI=1S/C29H32N6O2/c36-26-11-15-34(20-24-7-1-5-22-9-3-12-31-28(22)24)17-18-35(16-14-30-27(37)19-33-26)21-25-8-2-6-23-10-4-13-32-29(23)25/h1-10,12-13H,11,14-21H2,(H,30,37)(H,33,36). The number of carbonyl (C=O) groups is 2. The van der Waals surface area contributed by atoms with Gasteiger partial charge in [-0.05, 0) is 23.3 Å². The van der Waals surface area contributed by atoms with Crippen LogP contribution in [0.4, 0.5) is 0 Å². The Morgan fingerprint density at radius 3 is 1.84 bits per heavy atom. The number of amides is 2. The van der Waals surface area contributed by atoms with Crippen LogP contribution in [0.25, 0.3) is 21.8 Å². The molecule has 1 aliphatic rings. The molecule has 1 saturated heterocycles. The van der Waals surface area contributed by atoms with E-state index in [4.69, 9.17) is 0 Å². The molecule has 0 radical (unpaired) electrons. The minimum Gasteiger partial charge on any atom is -0.353 e. The molecule has 37 heavy (non-hydrogen) atoms. The normalized spacial score (nSPS) is 17.0. The van der Waals surface area contributed by atoms with E-state index in [2.05, 4.69) is 78.9 Å². The summed E-state index contributed by atoms with van der Waals surface area (Å²) in [6, 6.07) is 20.6. The van der Waals surface area contributed by atoms with Crippen molar-refractivity contribution in [2.45, 2.75) is 19.5 Å². The zero-order valence-electron chi connectivity index (χ0n) is 20.9. The summed E-state index contributed by atoms with van der Waals surface area (Å²) in [5.41, 5.74) is 4.30. The van der Waals surface area contributed by atoms with Gasteiger partial charge in [0.25, 0.3) is 0 Å². The lowest BCUT2D eigenvalue weighted by Crippen LogP contribution is -2.40. The molecule has 5 rings (SSSR count). The van der Waals surface area contributed by atoms with E-state index in [1.807, 2.05) is 24.5 Å². The van der Waals surface area contributed by atoms with Gasteiger partial charge in [0.2, 0.25) is 11.8 Å². The Morgan fingerprint density at radius 2 is 1.22 bits per heavy atom. The topological polar surface area (TPSA) is 90.5 Å². The van der Waals surface area contributed by atoms with Crippen molar-refractivity contribution in [2.75, 3.05) is 39.3 Å². The van der Waals surface area contributed by atoms with Crippen LogP contribution in [0.2, 0.25) is 0 Å². The first-order valence-corrected chi connectivity index (χ1v) is 12.8. The first-order valence-electron chi connectivity index (χ1n) is 12.8. The van der Waals surface area contributed by atoms with Crippen molar-refractivity contribution in [2.24, 2.45) is 0 Å². The Balaban J connectivity index is 1.37. The predicted molar refractivity (Wildman–Crippen MR) is 145 cm³/mol. The van der Waals surface area contributed by atoms with Crippen molar-refractivity contribution in [3.63, 3.8) is 0 Å². The molecule has 2 aromatic heterocycles. The molecule has 0 bridgehead atoms. The monoisotopic (exact) mass is 496 g/mol. The maximum Gasteiger partial charge on any atom is 0.239 e. The molecule has 1 fully saturated rings. The van der Waals surface area contributed by atoms with Crippen LogP contribution in [0.3, 0.4) is 0 Å². The maximum absolute atomic E-state index is 12.4. The van der Waals surface area contributed by atoms with E-state index < -0.39 is 0 Å². The molecule has 8 heteroatoms. The van der Waals surface area contributed by atoms with E-state index >= 15 is 0 Å². The summed E-state index contributed by atoms with van der Waals surface area (Å²) >= 11 is 0. The number of nitrogens with zero attached hydrogens (tertiary/aromatic N) is 4. The molecular formula is C29H32N6O2. The lowest BCUT2D eigenvalue weighted by atomic mass is 10.1. The summed E-state index contributed by atoms with van der Waals surface area (Å²) in [4.78, 5) is 38.6. The van der Waals surface area contributed by atoms with Gasteiger partial charge in [0.15, 0.2) is 0 Å². The van der Waals surface area contributed by atoms with Crippen molar-refractivity contribution in [1.29, 1.82) is 0 Å². The van der Waals surface area contributed by atoms with Crippen LogP contribution >= 0.6 is 0 Å². The van der Waals surface area contributed by atoms with E-state index in [1.165, 1.54) is 0 Å². The summed E-state index contributed by atoms with van der Waals surface area (Å²) in [7, 11) is 0. The van der Waals surface area contributed by atoms with Crippen LogP contribution in [0.5, 0.6) is 0 Å². The van der Waals surface area contributed by atoms with Crippen LogP contribution in [-0.2, 0) is 22.7 Å². The maximum atomic E-state index is 12.4. The minimum absolute atomic E-state index is 0.000676. The summed E-state index contributed by atoms with van der Waals surface area (Å²) in [6.45, 7) is 4.81. The number of fused-ring (bicyclic) bond motifs is 2. The molecular weight excluding hydrogens is 464 g/mol. The van der Waals surface area contributed by atoms with Crippen LogP contribution in [0.1, 0.15) is 17.5 Å². The van der Waals surface area contributed by atoms with E-state index in [9.17, 15) is 9.59 Å². The number of nitrogens with one attached hydrogen (secondary N) is 2. The molecule has 2 aromatic carbocycles. The van der Waals surface area contributed by atoms with Crippen molar-refractivity contribution >= 4 is 33.6 Å². The van der Waals surface area contributed by atoms with Gasteiger partial charge < -0.3 is 10.6 Å². The Morgan fingerprint density at radius 1 is 0.649 bits per heavy atom. The second-order valence-corrected chi connectivity index (χ2v) is 9.41. The van der Waals surface area contributed by atoms with Gasteiger partial charge in [-0.15, -0.1) is 0 Å². The fourth-order valence-corrected chi connectivity index (χ4v) is 4.84. The molecule has 8 nitrogen and oxygen atoms in total. The lowest BCUT2D eigenvalue weighted by molar-refractivity contribution is -0.126. The lowest BCUT2D eigenvalue weighted by Gasteiger charge is -2.28. The van der Waals surface area contributed by atoms with Crippen LogP contribution in [-0.4, -0.2) is 70.9 Å². The predicted octanol–water partition coefficient (Wildman–Crippen LogP) is 2.72. The number of para-hydroxylation sites is 2. The highest BCUT2D eigenvalue weighted by atomic mass is 16.2. The molecule has 1 aliphatic heterocycles. The van der Waals surface area contributed by atoms with E-state index in [1.54, 1.807) is 0 Å². The third-order valence-electron chi connectivity index (χ3n) is 6.80. The molecule has 0 spiro atoms. The fourth-order valence-electron chi connectivity index (χ4n) is 4.84. The Hall–Kier alpha value is -3.88. The van der Waals surface area contributed by atoms with Crippen LogP contribution < -0.4 is 10.6 Å². The highest BCUT2D eigenvalue weighted by molar-refractivity contribution is 5.85. The van der Waals surface area contributed by atoms with Gasteiger partial charge in [-0.3, -0.25) is 29.4 Å². The van der Waals surface area contributed by atoms with Gasteiger partial charge in [0.05, 0.1) is 17.6 Å². The second kappa shape index (κ2) is 11.9. The largest absolute Gasteiger partial charge is 0.353 e. The molecule has 0 aliphatic carbocycles. The smallest absolute Gasteiger partial charge is 0.239 e. The third kappa shape index (κ3) is 6.47. The molecule has 190 valence electrons. The first-order chi connectivity index (χ1) is 18.2. The first kappa shape index (κ1) is 24.8. The van der Waals surface area contributed by atoms with Gasteiger partial charge in [-0.1, -0.05) is 48.5 Å². The van der Waals surface area contributed by atoms with E-state index in [0.717, 1.165) is 52.6 Å². The van der Waals surface area contributed by atoms with Crippen LogP contribution in [0, 0.1) is 0 Å². The average Bonchev–Trinajstić information content (AvgIpc) is 2.94. The number of hydrogen-bond acceptors (Lipinski definition) is 6. The quantitative estimate of drug-likeness (QED) is 0.452. The zero-order chi connectivity index (χ0) is 25.5. The molecule has 3 heterocycles. The van der Waals surface area contributed by atoms with Gasteiger partial charge in [0, 0.05) is 75.4 Å². The summed E-state index contributed by atoms with van der Waals surface area (Å²) in [6.07, 6.45) is 3.98. The second-order valence-electron chi connectivity index (χ2n) is 9.41. The summed E-state index contributed by atoms with van der Waals surface area (Å²) < 4.78 is 0. The molecule has 0 saturated carbocycles. The number of aromatic nitrogens is 2. The summed E-state index contributed by atoms with van der Waals surface area (Å²) in [5, 5.41) is 7.91. The molecule has 2 N–H and O–H groups in total. The average molecular weight is 497 g/mol. The summed E-state index contributed by atoms with van der Waals surface area (Å²) in [5.74, 6) is -0.285. The zero-order valence-corrected chi connectivity index (χ0v) is 20.9. The van der Waals surface area contributed by atoms with Gasteiger partial charge in [0.1, 0.15) is 0 Å². The number of carbonyl (C=O) groups excluding carboxylic acids is 2. The third-order valence-corrected chi connectivity index (χ3v) is 6.80. The van der Waals surface area contributed by atoms with Crippen molar-refractivity contribution in [1.82, 2.24) is 30.4 Å². The highest BCUT2D eigenvalue weighted by Crippen LogP contribution is 2.20. The molecule has 0 unspecified atom stereocenters.